The lowest BCUT2D eigenvalue weighted by Gasteiger charge is -2.18. The molecule has 2 aromatic heterocycles. The highest BCUT2D eigenvalue weighted by Gasteiger charge is 2.21. The number of nitrogens with zero attached hydrogens (tertiary/aromatic N) is 1. The highest BCUT2D eigenvalue weighted by molar-refractivity contribution is 7.21. The van der Waals surface area contributed by atoms with Gasteiger partial charge >= 0.3 is 0 Å². The Hall–Kier alpha value is -3.72. The van der Waals surface area contributed by atoms with Crippen molar-refractivity contribution in [2.45, 2.75) is 0 Å². The number of nitrogen functional groups attached to an aromatic ring is 1. The van der Waals surface area contributed by atoms with Gasteiger partial charge in [-0.2, -0.15) is 0 Å². The summed E-state index contributed by atoms with van der Waals surface area (Å²) in [5, 5.41) is 4.50. The Morgan fingerprint density at radius 3 is 2.35 bits per heavy atom. The second-order valence-corrected chi connectivity index (χ2v) is 8.19. The fourth-order valence-electron chi connectivity index (χ4n) is 3.72. The summed E-state index contributed by atoms with van der Waals surface area (Å²) in [4.78, 5) is 18.8. The summed E-state index contributed by atoms with van der Waals surface area (Å²) in [7, 11) is 0. The molecule has 0 atom stereocenters. The molecule has 0 aliphatic carbocycles. The van der Waals surface area contributed by atoms with E-state index in [1.165, 1.54) is 11.3 Å². The van der Waals surface area contributed by atoms with Gasteiger partial charge in [0.05, 0.1) is 11.2 Å². The number of aromatic nitrogens is 1. The molecule has 0 fully saturated rings. The minimum absolute atomic E-state index is 0.299. The summed E-state index contributed by atoms with van der Waals surface area (Å²) in [6, 6.07) is 11.0. The number of fused-ring (bicyclic) bond motifs is 4. The molecule has 2 aliphatic heterocycles. The van der Waals surface area contributed by atoms with Crippen molar-refractivity contribution in [1.82, 2.24) is 4.98 Å². The van der Waals surface area contributed by atoms with E-state index in [4.69, 9.17) is 29.7 Å². The minimum atomic E-state index is -0.299. The molecule has 8 nitrogen and oxygen atoms in total. The van der Waals surface area contributed by atoms with Crippen LogP contribution in [0.15, 0.2) is 36.4 Å². The summed E-state index contributed by atoms with van der Waals surface area (Å²) in [6.45, 7) is 2.02. The second kappa shape index (κ2) is 6.92. The second-order valence-electron chi connectivity index (χ2n) is 7.19. The van der Waals surface area contributed by atoms with E-state index in [1.54, 1.807) is 18.2 Å². The summed E-state index contributed by atoms with van der Waals surface area (Å²) in [6.07, 6.45) is 0. The van der Waals surface area contributed by atoms with E-state index in [0.717, 1.165) is 16.3 Å². The number of amides is 1. The molecule has 0 saturated heterocycles. The smallest absolute Gasteiger partial charge is 0.267 e. The van der Waals surface area contributed by atoms with E-state index in [2.05, 4.69) is 5.32 Å². The van der Waals surface area contributed by atoms with Gasteiger partial charge < -0.3 is 30.0 Å². The summed E-state index contributed by atoms with van der Waals surface area (Å²) >= 11 is 1.26. The number of hydrogen-bond acceptors (Lipinski definition) is 8. The highest BCUT2D eigenvalue weighted by Crippen LogP contribution is 2.39. The molecule has 0 spiro atoms. The Balaban J connectivity index is 1.36. The number of ether oxygens (including phenoxy) is 4. The van der Waals surface area contributed by atoms with Crippen LogP contribution in [0.25, 0.3) is 21.1 Å². The van der Waals surface area contributed by atoms with Crippen LogP contribution in [0.4, 0.5) is 11.4 Å². The molecular weight excluding hydrogens is 418 g/mol. The number of carbonyl (C=O) groups is 1. The average molecular weight is 435 g/mol. The third kappa shape index (κ3) is 3.05. The van der Waals surface area contributed by atoms with Crippen molar-refractivity contribution in [1.29, 1.82) is 0 Å². The summed E-state index contributed by atoms with van der Waals surface area (Å²) in [5.74, 6) is 2.33. The van der Waals surface area contributed by atoms with E-state index >= 15 is 0 Å². The fraction of sp³-hybridized carbons (Fsp3) is 0.182. The molecule has 0 saturated carbocycles. The van der Waals surface area contributed by atoms with E-state index in [-0.39, 0.29) is 5.91 Å². The normalized spacial score (nSPS) is 14.6. The topological polar surface area (TPSA) is 105 Å². The van der Waals surface area contributed by atoms with Crippen molar-refractivity contribution >= 4 is 49.7 Å². The number of pyridine rings is 1. The van der Waals surface area contributed by atoms with Gasteiger partial charge in [0, 0.05) is 28.6 Å². The summed E-state index contributed by atoms with van der Waals surface area (Å²) in [5.41, 5.74) is 8.11. The van der Waals surface area contributed by atoms with Crippen molar-refractivity contribution in [3.8, 4) is 23.0 Å². The number of nitrogens with one attached hydrogen (secondary N) is 1. The van der Waals surface area contributed by atoms with Gasteiger partial charge in [-0.1, -0.05) is 0 Å². The minimum Gasteiger partial charge on any atom is -0.486 e. The van der Waals surface area contributed by atoms with Crippen molar-refractivity contribution in [3.05, 3.63) is 41.3 Å². The third-order valence-corrected chi connectivity index (χ3v) is 6.30. The van der Waals surface area contributed by atoms with Crippen LogP contribution in [0, 0.1) is 0 Å². The zero-order valence-electron chi connectivity index (χ0n) is 16.3. The molecule has 2 aliphatic rings. The Bertz CT molecular complexity index is 1370. The van der Waals surface area contributed by atoms with Gasteiger partial charge in [0.25, 0.3) is 5.91 Å². The van der Waals surface area contributed by atoms with E-state index in [0.29, 0.717) is 70.5 Å². The number of nitrogens with two attached hydrogens (primary N) is 1. The van der Waals surface area contributed by atoms with Crippen molar-refractivity contribution in [2.75, 3.05) is 37.5 Å². The molecule has 4 aromatic rings. The molecule has 3 N–H and O–H groups in total. The van der Waals surface area contributed by atoms with Crippen LogP contribution < -0.4 is 30.0 Å². The average Bonchev–Trinajstić information content (AvgIpc) is 3.11. The molecule has 156 valence electrons. The van der Waals surface area contributed by atoms with E-state index in [1.807, 2.05) is 18.2 Å². The largest absolute Gasteiger partial charge is 0.486 e. The molecule has 0 radical (unpaired) electrons. The van der Waals surface area contributed by atoms with Crippen molar-refractivity contribution in [3.63, 3.8) is 0 Å². The first-order chi connectivity index (χ1) is 15.2. The molecular formula is C22H17N3O5S. The number of rotatable bonds is 2. The van der Waals surface area contributed by atoms with Crippen LogP contribution in [0.3, 0.4) is 0 Å². The molecule has 2 aromatic carbocycles. The molecule has 0 unspecified atom stereocenters. The molecule has 6 rings (SSSR count). The fourth-order valence-corrected chi connectivity index (χ4v) is 4.70. The number of carbonyl (C=O) groups excluding carboxylic acids is 1. The molecule has 31 heavy (non-hydrogen) atoms. The Morgan fingerprint density at radius 1 is 0.903 bits per heavy atom. The van der Waals surface area contributed by atoms with Crippen LogP contribution in [0.5, 0.6) is 23.0 Å². The first kappa shape index (κ1) is 18.1. The van der Waals surface area contributed by atoms with Gasteiger partial charge in [-0.25, -0.2) is 4.98 Å². The number of anilines is 2. The zero-order valence-corrected chi connectivity index (χ0v) is 17.1. The van der Waals surface area contributed by atoms with Gasteiger partial charge in [0.2, 0.25) is 0 Å². The SMILES string of the molecule is Nc1c(C(=O)Nc2ccc3c(c2)OCCO3)sc2nc3cc4c(cc3cc12)OCCO4. The van der Waals surface area contributed by atoms with Crippen LogP contribution in [-0.4, -0.2) is 37.3 Å². The molecule has 0 bridgehead atoms. The van der Waals surface area contributed by atoms with Crippen LogP contribution in [-0.2, 0) is 0 Å². The van der Waals surface area contributed by atoms with E-state index < -0.39 is 0 Å². The Kier molecular flexibility index (Phi) is 4.03. The maximum Gasteiger partial charge on any atom is 0.267 e. The molecule has 9 heteroatoms. The maximum atomic E-state index is 13.0. The number of benzene rings is 2. The lowest BCUT2D eigenvalue weighted by atomic mass is 10.1. The number of hydrogen-bond donors (Lipinski definition) is 2. The zero-order chi connectivity index (χ0) is 20.9. The molecule has 4 heterocycles. The van der Waals surface area contributed by atoms with E-state index in [9.17, 15) is 4.79 Å². The number of thiophene rings is 1. The Morgan fingerprint density at radius 2 is 1.58 bits per heavy atom. The third-order valence-electron chi connectivity index (χ3n) is 5.18. The molecule has 1 amide bonds. The van der Waals surface area contributed by atoms with Gasteiger partial charge in [0.1, 0.15) is 36.1 Å². The van der Waals surface area contributed by atoms with Crippen LogP contribution in [0.2, 0.25) is 0 Å². The van der Waals surface area contributed by atoms with Gasteiger partial charge in [-0.15, -0.1) is 11.3 Å². The lowest BCUT2D eigenvalue weighted by molar-refractivity contribution is 0.103. The van der Waals surface area contributed by atoms with Gasteiger partial charge in [0.15, 0.2) is 23.0 Å². The van der Waals surface area contributed by atoms with Crippen molar-refractivity contribution < 1.29 is 23.7 Å². The first-order valence-corrected chi connectivity index (χ1v) is 10.6. The van der Waals surface area contributed by atoms with Gasteiger partial charge in [-0.05, 0) is 24.3 Å². The standard InChI is InChI=1S/C22H17N3O5S/c23-19-13-7-11-8-16-18(30-6-5-28-16)10-14(11)25-22(13)31-20(19)21(26)24-12-1-2-15-17(9-12)29-4-3-27-15/h1-2,7-10H,3-6,23H2,(H,24,26). The predicted molar refractivity (Wildman–Crippen MR) is 118 cm³/mol. The lowest BCUT2D eigenvalue weighted by Crippen LogP contribution is -2.16. The monoisotopic (exact) mass is 435 g/mol. The predicted octanol–water partition coefficient (Wildman–Crippen LogP) is 3.83. The van der Waals surface area contributed by atoms with Crippen LogP contribution >= 0.6 is 11.3 Å². The maximum absolute atomic E-state index is 13.0. The summed E-state index contributed by atoms with van der Waals surface area (Å²) < 4.78 is 22.4. The van der Waals surface area contributed by atoms with Crippen LogP contribution in [0.1, 0.15) is 9.67 Å². The first-order valence-electron chi connectivity index (χ1n) is 9.79. The van der Waals surface area contributed by atoms with Crippen molar-refractivity contribution in [2.24, 2.45) is 0 Å². The van der Waals surface area contributed by atoms with Gasteiger partial charge in [-0.3, -0.25) is 4.79 Å². The Labute approximate surface area is 180 Å². The quantitative estimate of drug-likeness (QED) is 0.493. The highest BCUT2D eigenvalue weighted by atomic mass is 32.1.